The van der Waals surface area contributed by atoms with Gasteiger partial charge in [-0.2, -0.15) is 0 Å². The SMILES string of the molecule is C1CCCC1.[C-]#[O+].[C-]#[O+].[C-]#[O+].[CH2-]SC.[Fe+2].[Fe].c1ccc(C2CCCC2)cc1. The minimum absolute atomic E-state index is 0. The summed E-state index contributed by atoms with van der Waals surface area (Å²) in [5.41, 5.74) is 1.55. The fourth-order valence-corrected chi connectivity index (χ4v) is 2.87. The van der Waals surface area contributed by atoms with Crippen LogP contribution in [0.4, 0.5) is 0 Å². The maximum absolute atomic E-state index is 7.50. The van der Waals surface area contributed by atoms with Crippen molar-refractivity contribution in [3.63, 3.8) is 0 Å². The second kappa shape index (κ2) is 36.7. The van der Waals surface area contributed by atoms with Gasteiger partial charge in [0.2, 0.25) is 0 Å². The van der Waals surface area contributed by atoms with Crippen LogP contribution in [0.25, 0.3) is 0 Å². The summed E-state index contributed by atoms with van der Waals surface area (Å²) in [5.74, 6) is 0.871. The van der Waals surface area contributed by atoms with Crippen LogP contribution in [-0.2, 0) is 48.1 Å². The normalized spacial score (nSPS) is 13.0. The van der Waals surface area contributed by atoms with E-state index in [1.165, 1.54) is 69.5 Å². The second-order valence-corrected chi connectivity index (χ2v) is 6.03. The number of thioether (sulfide) groups is 1. The maximum atomic E-state index is 7.50. The molecule has 1 aromatic carbocycles. The molecule has 0 heterocycles. The van der Waals surface area contributed by atoms with Gasteiger partial charge >= 0.3 is 51.0 Å². The number of rotatable bonds is 1. The van der Waals surface area contributed by atoms with Crippen molar-refractivity contribution in [1.29, 1.82) is 0 Å². The van der Waals surface area contributed by atoms with Crippen LogP contribution in [0.5, 0.6) is 0 Å². The van der Waals surface area contributed by atoms with Crippen LogP contribution in [0.15, 0.2) is 30.3 Å². The topological polar surface area (TPSA) is 59.7 Å². The third kappa shape index (κ3) is 25.8. The van der Waals surface area contributed by atoms with Crippen molar-refractivity contribution in [3.05, 3.63) is 62.1 Å². The van der Waals surface area contributed by atoms with Gasteiger partial charge in [0.1, 0.15) is 0 Å². The molecule has 0 unspecified atom stereocenters. The largest absolute Gasteiger partial charge is 2.00 e. The summed E-state index contributed by atoms with van der Waals surface area (Å²) in [5, 5.41) is 0. The molecular formula is C21H29Fe2O3S+. The van der Waals surface area contributed by atoms with E-state index in [2.05, 4.69) is 56.5 Å². The van der Waals surface area contributed by atoms with Gasteiger partial charge in [-0.1, -0.05) is 75.3 Å². The van der Waals surface area contributed by atoms with Gasteiger partial charge in [-0.15, -0.1) is 0 Å². The minimum Gasteiger partial charge on any atom is -0.357 e. The molecule has 0 bridgehead atoms. The number of hydrogen-bond donors (Lipinski definition) is 0. The van der Waals surface area contributed by atoms with Crippen molar-refractivity contribution in [2.75, 3.05) is 6.26 Å². The predicted molar refractivity (Wildman–Crippen MR) is 101 cm³/mol. The van der Waals surface area contributed by atoms with E-state index >= 15 is 0 Å². The summed E-state index contributed by atoms with van der Waals surface area (Å²) in [7, 11) is 0. The molecule has 1 aromatic rings. The minimum atomic E-state index is 0. The van der Waals surface area contributed by atoms with Gasteiger partial charge in [-0.05, 0) is 30.6 Å². The summed E-state index contributed by atoms with van der Waals surface area (Å²) in [6.07, 6.45) is 18.5. The quantitative estimate of drug-likeness (QED) is 0.268. The van der Waals surface area contributed by atoms with Gasteiger partial charge < -0.3 is 11.8 Å². The Morgan fingerprint density at radius 2 is 1.07 bits per heavy atom. The van der Waals surface area contributed by atoms with Crippen molar-refractivity contribution in [2.45, 2.75) is 63.7 Å². The zero-order valence-electron chi connectivity index (χ0n) is 15.9. The molecular weight excluding hydrogens is 444 g/mol. The van der Waals surface area contributed by atoms with Crippen molar-refractivity contribution < 1.29 is 48.1 Å². The summed E-state index contributed by atoms with van der Waals surface area (Å²) < 4.78 is 22.5. The Kier molecular flexibility index (Phi) is 51.1. The van der Waals surface area contributed by atoms with Crippen LogP contribution >= 0.6 is 11.8 Å². The van der Waals surface area contributed by atoms with Crippen LogP contribution in [0.3, 0.4) is 0 Å². The first-order chi connectivity index (χ1) is 12.4. The molecule has 2 saturated carbocycles. The van der Waals surface area contributed by atoms with Crippen molar-refractivity contribution >= 4 is 11.8 Å². The van der Waals surface area contributed by atoms with E-state index < -0.39 is 0 Å². The fourth-order valence-electron chi connectivity index (χ4n) is 2.87. The zero-order valence-corrected chi connectivity index (χ0v) is 18.9. The average molecular weight is 473 g/mol. The molecule has 27 heavy (non-hydrogen) atoms. The molecule has 2 aliphatic carbocycles. The summed E-state index contributed by atoms with van der Waals surface area (Å²) >= 11 is 1.50. The molecule has 0 atom stereocenters. The smallest absolute Gasteiger partial charge is 0.357 e. The Labute approximate surface area is 191 Å². The van der Waals surface area contributed by atoms with Gasteiger partial charge in [0.05, 0.1) is 0 Å². The van der Waals surface area contributed by atoms with E-state index in [1.807, 2.05) is 6.26 Å². The number of hydrogen-bond acceptors (Lipinski definition) is 1. The first-order valence-corrected chi connectivity index (χ1v) is 9.72. The van der Waals surface area contributed by atoms with E-state index in [0.717, 1.165) is 5.92 Å². The van der Waals surface area contributed by atoms with Crippen LogP contribution in [-0.4, -0.2) is 6.26 Å². The molecule has 0 radical (unpaired) electrons. The Hall–Kier alpha value is -0.171. The van der Waals surface area contributed by atoms with E-state index in [4.69, 9.17) is 14.0 Å². The van der Waals surface area contributed by atoms with E-state index in [1.54, 1.807) is 5.56 Å². The third-order valence-electron chi connectivity index (χ3n) is 3.88. The summed E-state index contributed by atoms with van der Waals surface area (Å²) in [6, 6.07) is 10.9. The standard InChI is InChI=1S/C11H14.C5H10.C2H5S.3CO.2Fe/c1-2-6-10(7-3-1)11-8-4-5-9-11;1-2-4-5-3-1;1-3-2;3*1-2;;/h1-3,6-7,11H,4-5,8-9H2;1-5H2;1H2,2H3;;;;;/q;;-1;;;;;+2. The monoisotopic (exact) mass is 473 g/mol. The van der Waals surface area contributed by atoms with E-state index in [-0.39, 0.29) is 34.1 Å². The van der Waals surface area contributed by atoms with Gasteiger partial charge in [0.15, 0.2) is 0 Å². The van der Waals surface area contributed by atoms with Crippen molar-refractivity contribution in [1.82, 2.24) is 0 Å². The molecule has 2 fully saturated rings. The molecule has 2 aliphatic rings. The van der Waals surface area contributed by atoms with E-state index in [9.17, 15) is 0 Å². The predicted octanol–water partition coefficient (Wildman–Crippen LogP) is 6.32. The molecule has 6 heteroatoms. The summed E-state index contributed by atoms with van der Waals surface area (Å²) in [6.45, 7) is 13.5. The molecule has 0 saturated heterocycles. The molecule has 0 aliphatic heterocycles. The second-order valence-electron chi connectivity index (χ2n) is 5.45. The molecule has 3 nitrogen and oxygen atoms in total. The van der Waals surface area contributed by atoms with Gasteiger partial charge in [0, 0.05) is 17.1 Å². The Bertz CT molecular complexity index is 391. The Morgan fingerprint density at radius 3 is 1.37 bits per heavy atom. The number of benzene rings is 1. The third-order valence-corrected chi connectivity index (χ3v) is 3.88. The fraction of sp³-hybridized carbons (Fsp3) is 0.524. The molecule has 3 rings (SSSR count). The van der Waals surface area contributed by atoms with Crippen molar-refractivity contribution in [3.8, 4) is 0 Å². The van der Waals surface area contributed by atoms with Crippen LogP contribution in [0.2, 0.25) is 0 Å². The molecule has 0 spiro atoms. The van der Waals surface area contributed by atoms with Crippen molar-refractivity contribution in [2.24, 2.45) is 0 Å². The first kappa shape index (κ1) is 37.6. The van der Waals surface area contributed by atoms with Gasteiger partial charge in [-0.3, -0.25) is 6.26 Å². The first-order valence-electron chi connectivity index (χ1n) is 8.33. The average Bonchev–Trinajstić information content (AvgIpc) is 3.45. The van der Waals surface area contributed by atoms with Crippen LogP contribution in [0, 0.1) is 26.2 Å². The van der Waals surface area contributed by atoms with Crippen LogP contribution in [0.1, 0.15) is 69.3 Å². The van der Waals surface area contributed by atoms with Gasteiger partial charge in [0.25, 0.3) is 0 Å². The summed E-state index contributed by atoms with van der Waals surface area (Å²) in [4.78, 5) is 0. The van der Waals surface area contributed by atoms with Gasteiger partial charge in [-0.25, -0.2) is 0 Å². The van der Waals surface area contributed by atoms with Crippen LogP contribution < -0.4 is 0 Å². The Balaban J connectivity index is -0.0000000866. The zero-order chi connectivity index (χ0) is 19.8. The Morgan fingerprint density at radius 1 is 0.778 bits per heavy atom. The molecule has 152 valence electrons. The maximum Gasteiger partial charge on any atom is 2.00 e. The molecule has 0 N–H and O–H groups in total. The molecule has 0 amide bonds. The van der Waals surface area contributed by atoms with E-state index in [0.29, 0.717) is 0 Å². The molecule has 0 aromatic heterocycles.